The van der Waals surface area contributed by atoms with E-state index in [9.17, 15) is 4.79 Å². The number of rotatable bonds is 6. The van der Waals surface area contributed by atoms with Crippen LogP contribution in [-0.2, 0) is 14.3 Å². The van der Waals surface area contributed by atoms with Gasteiger partial charge in [-0.1, -0.05) is 6.92 Å². The van der Waals surface area contributed by atoms with Gasteiger partial charge in [0, 0.05) is 14.2 Å². The highest BCUT2D eigenvalue weighted by Gasteiger charge is 2.12. The number of carbonyl (C=O) groups excluding carboxylic acids is 1. The Labute approximate surface area is 78.6 Å². The summed E-state index contributed by atoms with van der Waals surface area (Å²) in [6.45, 7) is 2.17. The summed E-state index contributed by atoms with van der Waals surface area (Å²) < 4.78 is 9.77. The lowest BCUT2D eigenvalue weighted by molar-refractivity contribution is -0.128. The average molecular weight is 190 g/mol. The lowest BCUT2D eigenvalue weighted by Crippen LogP contribution is -2.43. The first-order chi connectivity index (χ1) is 6.15. The molecule has 0 rings (SSSR count). The Morgan fingerprint density at radius 3 is 2.38 bits per heavy atom. The largest absolute Gasteiger partial charge is 0.354 e. The maximum Gasteiger partial charge on any atom is 0.237 e. The quantitative estimate of drug-likeness (QED) is 0.552. The Bertz CT molecular complexity index is 148. The molecule has 0 aliphatic rings. The number of nitrogens with two attached hydrogens (primary N) is 1. The zero-order valence-electron chi connectivity index (χ0n) is 8.37. The molecule has 0 unspecified atom stereocenters. The normalized spacial score (nSPS) is 13.0. The summed E-state index contributed by atoms with van der Waals surface area (Å²) in [6.07, 6.45) is 0.212. The summed E-state index contributed by atoms with van der Waals surface area (Å²) in [7, 11) is 3.03. The van der Waals surface area contributed by atoms with Crippen LogP contribution in [0.3, 0.4) is 0 Å². The molecule has 5 heteroatoms. The molecule has 0 heterocycles. The van der Waals surface area contributed by atoms with Gasteiger partial charge in [-0.3, -0.25) is 4.79 Å². The Hall–Kier alpha value is -0.650. The topological polar surface area (TPSA) is 73.6 Å². The molecule has 1 atom stereocenters. The number of hydrogen-bond acceptors (Lipinski definition) is 4. The molecule has 78 valence electrons. The monoisotopic (exact) mass is 190 g/mol. The number of nitrogens with one attached hydrogen (secondary N) is 1. The Kier molecular flexibility index (Phi) is 6.48. The summed E-state index contributed by atoms with van der Waals surface area (Å²) in [5.74, 6) is -0.179. The molecule has 0 fully saturated rings. The van der Waals surface area contributed by atoms with Gasteiger partial charge in [-0.2, -0.15) is 0 Å². The molecule has 0 aliphatic carbocycles. The number of hydrogen-bond donors (Lipinski definition) is 2. The van der Waals surface area contributed by atoms with E-state index in [1.807, 2.05) is 6.92 Å². The van der Waals surface area contributed by atoms with Crippen molar-refractivity contribution in [3.05, 3.63) is 0 Å². The van der Waals surface area contributed by atoms with Gasteiger partial charge in [0.05, 0.1) is 12.6 Å². The molecule has 1 amide bonds. The highest BCUT2D eigenvalue weighted by atomic mass is 16.7. The molecule has 0 aromatic carbocycles. The molecule has 13 heavy (non-hydrogen) atoms. The number of methoxy groups -OCH3 is 2. The van der Waals surface area contributed by atoms with Crippen LogP contribution in [0.25, 0.3) is 0 Å². The highest BCUT2D eigenvalue weighted by molar-refractivity contribution is 5.81. The van der Waals surface area contributed by atoms with Gasteiger partial charge in [-0.05, 0) is 6.42 Å². The first-order valence-electron chi connectivity index (χ1n) is 4.24. The van der Waals surface area contributed by atoms with Crippen LogP contribution in [-0.4, -0.2) is 39.0 Å². The Balaban J connectivity index is 3.68. The molecular formula is C8H18N2O3. The van der Waals surface area contributed by atoms with Gasteiger partial charge < -0.3 is 20.5 Å². The van der Waals surface area contributed by atoms with Crippen molar-refractivity contribution in [2.45, 2.75) is 25.7 Å². The fourth-order valence-corrected chi connectivity index (χ4v) is 0.763. The lowest BCUT2D eigenvalue weighted by atomic mass is 10.2. The molecule has 0 saturated carbocycles. The highest BCUT2D eigenvalue weighted by Crippen LogP contribution is 1.90. The van der Waals surface area contributed by atoms with E-state index in [1.165, 1.54) is 14.2 Å². The van der Waals surface area contributed by atoms with Gasteiger partial charge in [-0.15, -0.1) is 0 Å². The molecule has 0 aromatic heterocycles. The minimum atomic E-state index is -0.450. The summed E-state index contributed by atoms with van der Waals surface area (Å²) >= 11 is 0. The van der Waals surface area contributed by atoms with Crippen LogP contribution in [0.5, 0.6) is 0 Å². The van der Waals surface area contributed by atoms with Gasteiger partial charge in [0.15, 0.2) is 6.29 Å². The zero-order valence-corrected chi connectivity index (χ0v) is 8.37. The van der Waals surface area contributed by atoms with E-state index in [0.717, 1.165) is 0 Å². The second-order valence-electron chi connectivity index (χ2n) is 2.66. The maximum atomic E-state index is 11.2. The number of ether oxygens (including phenoxy) is 2. The first kappa shape index (κ1) is 12.3. The predicted octanol–water partition coefficient (Wildman–Crippen LogP) is -0.541. The van der Waals surface area contributed by atoms with Gasteiger partial charge in [0.1, 0.15) is 0 Å². The average Bonchev–Trinajstić information content (AvgIpc) is 2.17. The molecular weight excluding hydrogens is 172 g/mol. The van der Waals surface area contributed by atoms with Crippen molar-refractivity contribution in [3.63, 3.8) is 0 Å². The van der Waals surface area contributed by atoms with E-state index < -0.39 is 12.3 Å². The predicted molar refractivity (Wildman–Crippen MR) is 49.1 cm³/mol. The summed E-state index contributed by atoms with van der Waals surface area (Å²) in [6, 6.07) is -0.450. The van der Waals surface area contributed by atoms with E-state index >= 15 is 0 Å². The van der Waals surface area contributed by atoms with Gasteiger partial charge in [-0.25, -0.2) is 0 Å². The first-order valence-corrected chi connectivity index (χ1v) is 4.24. The van der Waals surface area contributed by atoms with Crippen molar-refractivity contribution in [1.29, 1.82) is 0 Å². The number of amides is 1. The van der Waals surface area contributed by atoms with Crippen molar-refractivity contribution in [2.75, 3.05) is 20.8 Å². The van der Waals surface area contributed by atoms with E-state index in [1.54, 1.807) is 0 Å². The molecule has 0 spiro atoms. The summed E-state index contributed by atoms with van der Waals surface area (Å²) in [5, 5.41) is 2.62. The van der Waals surface area contributed by atoms with Crippen LogP contribution in [0.2, 0.25) is 0 Å². The second kappa shape index (κ2) is 6.82. The van der Waals surface area contributed by atoms with Crippen molar-refractivity contribution in [2.24, 2.45) is 5.73 Å². The van der Waals surface area contributed by atoms with E-state index in [0.29, 0.717) is 13.0 Å². The van der Waals surface area contributed by atoms with Crippen molar-refractivity contribution in [3.8, 4) is 0 Å². The van der Waals surface area contributed by atoms with E-state index in [4.69, 9.17) is 15.2 Å². The van der Waals surface area contributed by atoms with E-state index in [2.05, 4.69) is 5.32 Å². The lowest BCUT2D eigenvalue weighted by Gasteiger charge is -2.15. The fourth-order valence-electron chi connectivity index (χ4n) is 0.763. The molecule has 0 bridgehead atoms. The standard InChI is InChI=1S/C8H18N2O3/c1-4-6(9)8(11)10-5-7(12-2)13-3/h6-7H,4-5,9H2,1-3H3,(H,10,11)/t6-/m1/s1. The van der Waals surface area contributed by atoms with Crippen LogP contribution in [0, 0.1) is 0 Å². The molecule has 5 nitrogen and oxygen atoms in total. The van der Waals surface area contributed by atoms with Crippen LogP contribution in [0.15, 0.2) is 0 Å². The zero-order chi connectivity index (χ0) is 10.3. The van der Waals surface area contributed by atoms with Gasteiger partial charge >= 0.3 is 0 Å². The van der Waals surface area contributed by atoms with Gasteiger partial charge in [0.25, 0.3) is 0 Å². The van der Waals surface area contributed by atoms with E-state index in [-0.39, 0.29) is 5.91 Å². The third-order valence-electron chi connectivity index (χ3n) is 1.75. The number of carbonyl (C=O) groups is 1. The van der Waals surface area contributed by atoms with Crippen molar-refractivity contribution in [1.82, 2.24) is 5.32 Å². The third-order valence-corrected chi connectivity index (χ3v) is 1.75. The fraction of sp³-hybridized carbons (Fsp3) is 0.875. The molecule has 0 saturated heterocycles. The van der Waals surface area contributed by atoms with Crippen LogP contribution in [0.1, 0.15) is 13.3 Å². The van der Waals surface area contributed by atoms with Crippen molar-refractivity contribution < 1.29 is 14.3 Å². The Morgan fingerprint density at radius 1 is 1.46 bits per heavy atom. The van der Waals surface area contributed by atoms with Crippen molar-refractivity contribution >= 4 is 5.91 Å². The molecule has 0 radical (unpaired) electrons. The third kappa shape index (κ3) is 4.82. The molecule has 3 N–H and O–H groups in total. The maximum absolute atomic E-state index is 11.2. The van der Waals surface area contributed by atoms with Crippen LogP contribution < -0.4 is 11.1 Å². The second-order valence-corrected chi connectivity index (χ2v) is 2.66. The van der Waals surface area contributed by atoms with Crippen LogP contribution >= 0.6 is 0 Å². The SMILES string of the molecule is CC[C@@H](N)C(=O)NCC(OC)OC. The summed E-state index contributed by atoms with van der Waals surface area (Å²) in [4.78, 5) is 11.2. The minimum Gasteiger partial charge on any atom is -0.354 e. The minimum absolute atomic E-state index is 0.179. The smallest absolute Gasteiger partial charge is 0.237 e. The summed E-state index contributed by atoms with van der Waals surface area (Å²) in [5.41, 5.74) is 5.49. The van der Waals surface area contributed by atoms with Crippen LogP contribution in [0.4, 0.5) is 0 Å². The van der Waals surface area contributed by atoms with Gasteiger partial charge in [0.2, 0.25) is 5.91 Å². The molecule has 0 aliphatic heterocycles. The Morgan fingerprint density at radius 2 is 2.00 bits per heavy atom. The molecule has 0 aromatic rings.